The number of rotatable bonds is 1. The zero-order valence-corrected chi connectivity index (χ0v) is 6.91. The summed E-state index contributed by atoms with van der Waals surface area (Å²) in [7, 11) is 1.70. The first kappa shape index (κ1) is 6.49. The lowest BCUT2D eigenvalue weighted by Gasteiger charge is -2.04. The summed E-state index contributed by atoms with van der Waals surface area (Å²) in [6.45, 7) is 0. The largest absolute Gasteiger partial charge is 0.497 e. The standard InChI is InChI=1S/C10H10O2/c1-11-7-3-2-6-4-9-10(12-9)8(6)5-7/h2-3,5,9-10H,4H2,1H3/t9-,10+/m0/s1. The van der Waals surface area contributed by atoms with Crippen LogP contribution in [0.2, 0.25) is 0 Å². The SMILES string of the molecule is COc1ccc2c(c1)[C@H]1O[C@H]1C2. The third-order valence-electron chi connectivity index (χ3n) is 2.66. The molecule has 0 bridgehead atoms. The molecular weight excluding hydrogens is 152 g/mol. The van der Waals surface area contributed by atoms with E-state index in [4.69, 9.17) is 9.47 Å². The molecule has 0 N–H and O–H groups in total. The van der Waals surface area contributed by atoms with Gasteiger partial charge in [0.05, 0.1) is 13.2 Å². The van der Waals surface area contributed by atoms with Crippen molar-refractivity contribution in [2.24, 2.45) is 0 Å². The van der Waals surface area contributed by atoms with Gasteiger partial charge in [0.15, 0.2) is 0 Å². The predicted molar refractivity (Wildman–Crippen MR) is 44.3 cm³/mol. The molecule has 0 saturated carbocycles. The first-order chi connectivity index (χ1) is 5.88. The number of hydrogen-bond donors (Lipinski definition) is 0. The molecule has 0 amide bonds. The van der Waals surface area contributed by atoms with Crippen molar-refractivity contribution in [1.29, 1.82) is 0 Å². The fourth-order valence-electron chi connectivity index (χ4n) is 1.94. The van der Waals surface area contributed by atoms with E-state index in [1.54, 1.807) is 7.11 Å². The fourth-order valence-corrected chi connectivity index (χ4v) is 1.94. The summed E-state index contributed by atoms with van der Waals surface area (Å²) in [6, 6.07) is 6.25. The van der Waals surface area contributed by atoms with Crippen LogP contribution in [0.3, 0.4) is 0 Å². The third kappa shape index (κ3) is 0.730. The highest BCUT2D eigenvalue weighted by Crippen LogP contribution is 2.49. The van der Waals surface area contributed by atoms with Crippen molar-refractivity contribution in [3.63, 3.8) is 0 Å². The maximum absolute atomic E-state index is 5.42. The summed E-state index contributed by atoms with van der Waals surface area (Å²) >= 11 is 0. The molecule has 2 atom stereocenters. The molecule has 0 radical (unpaired) electrons. The lowest BCUT2D eigenvalue weighted by atomic mass is 10.1. The van der Waals surface area contributed by atoms with Gasteiger partial charge in [-0.15, -0.1) is 0 Å². The number of hydrogen-bond acceptors (Lipinski definition) is 2. The average Bonchev–Trinajstić information content (AvgIpc) is 2.79. The normalized spacial score (nSPS) is 29.4. The highest BCUT2D eigenvalue weighted by molar-refractivity contribution is 5.44. The van der Waals surface area contributed by atoms with Crippen LogP contribution in [0.1, 0.15) is 17.2 Å². The Hall–Kier alpha value is -1.02. The van der Waals surface area contributed by atoms with Gasteiger partial charge in [-0.2, -0.15) is 0 Å². The minimum atomic E-state index is 0.384. The van der Waals surface area contributed by atoms with Gasteiger partial charge in [-0.25, -0.2) is 0 Å². The van der Waals surface area contributed by atoms with Gasteiger partial charge in [0, 0.05) is 6.42 Å². The van der Waals surface area contributed by atoms with E-state index in [0.29, 0.717) is 12.2 Å². The van der Waals surface area contributed by atoms with Crippen LogP contribution < -0.4 is 4.74 Å². The van der Waals surface area contributed by atoms with Crippen LogP contribution in [0.15, 0.2) is 18.2 Å². The van der Waals surface area contributed by atoms with E-state index in [9.17, 15) is 0 Å². The van der Waals surface area contributed by atoms with E-state index < -0.39 is 0 Å². The van der Waals surface area contributed by atoms with Crippen molar-refractivity contribution in [3.05, 3.63) is 29.3 Å². The Morgan fingerprint density at radius 1 is 1.50 bits per heavy atom. The van der Waals surface area contributed by atoms with Crippen molar-refractivity contribution in [2.75, 3.05) is 7.11 Å². The molecule has 62 valence electrons. The molecule has 0 unspecified atom stereocenters. The summed E-state index contributed by atoms with van der Waals surface area (Å²) in [5.41, 5.74) is 2.76. The molecule has 0 spiro atoms. The van der Waals surface area contributed by atoms with Crippen LogP contribution >= 0.6 is 0 Å². The van der Waals surface area contributed by atoms with Gasteiger partial charge in [0.25, 0.3) is 0 Å². The monoisotopic (exact) mass is 162 g/mol. The third-order valence-corrected chi connectivity index (χ3v) is 2.66. The molecule has 2 nitrogen and oxygen atoms in total. The van der Waals surface area contributed by atoms with E-state index in [1.165, 1.54) is 11.1 Å². The number of epoxide rings is 1. The van der Waals surface area contributed by atoms with Crippen LogP contribution in [0.4, 0.5) is 0 Å². The number of benzene rings is 1. The summed E-state index contributed by atoms with van der Waals surface area (Å²) in [4.78, 5) is 0. The molecule has 12 heavy (non-hydrogen) atoms. The predicted octanol–water partition coefficient (Wildman–Crippen LogP) is 1.69. The minimum Gasteiger partial charge on any atom is -0.497 e. The van der Waals surface area contributed by atoms with Crippen LogP contribution in [-0.2, 0) is 11.2 Å². The zero-order valence-electron chi connectivity index (χ0n) is 6.91. The molecule has 1 saturated heterocycles. The Labute approximate surface area is 71.1 Å². The van der Waals surface area contributed by atoms with E-state index >= 15 is 0 Å². The summed E-state index contributed by atoms with van der Waals surface area (Å²) < 4.78 is 10.6. The molecule has 1 fully saturated rings. The van der Waals surface area contributed by atoms with Crippen LogP contribution in [0.25, 0.3) is 0 Å². The molecule has 2 aliphatic rings. The highest BCUT2D eigenvalue weighted by Gasteiger charge is 2.47. The Balaban J connectivity index is 2.09. The summed E-state index contributed by atoms with van der Waals surface area (Å²) in [5.74, 6) is 0.935. The summed E-state index contributed by atoms with van der Waals surface area (Å²) in [6.07, 6.45) is 1.95. The molecule has 1 heterocycles. The Kier molecular flexibility index (Phi) is 1.09. The van der Waals surface area contributed by atoms with Crippen molar-refractivity contribution >= 4 is 0 Å². The summed E-state index contributed by atoms with van der Waals surface area (Å²) in [5, 5.41) is 0. The first-order valence-electron chi connectivity index (χ1n) is 4.21. The maximum Gasteiger partial charge on any atom is 0.119 e. The minimum absolute atomic E-state index is 0.384. The average molecular weight is 162 g/mol. The van der Waals surface area contributed by atoms with Gasteiger partial charge in [0.1, 0.15) is 11.9 Å². The van der Waals surface area contributed by atoms with Gasteiger partial charge in [-0.05, 0) is 23.3 Å². The second-order valence-corrected chi connectivity index (χ2v) is 3.36. The van der Waals surface area contributed by atoms with Crippen LogP contribution in [-0.4, -0.2) is 13.2 Å². The van der Waals surface area contributed by atoms with E-state index in [0.717, 1.165) is 12.2 Å². The van der Waals surface area contributed by atoms with E-state index in [1.807, 2.05) is 6.07 Å². The Morgan fingerprint density at radius 2 is 2.42 bits per heavy atom. The topological polar surface area (TPSA) is 21.8 Å². The molecule has 1 aliphatic carbocycles. The quantitative estimate of drug-likeness (QED) is 0.586. The molecule has 1 aromatic rings. The molecule has 3 rings (SSSR count). The molecule has 0 aromatic heterocycles. The smallest absolute Gasteiger partial charge is 0.119 e. The molecule has 1 aliphatic heterocycles. The van der Waals surface area contributed by atoms with E-state index in [2.05, 4.69) is 12.1 Å². The van der Waals surface area contributed by atoms with E-state index in [-0.39, 0.29) is 0 Å². The fraction of sp³-hybridized carbons (Fsp3) is 0.400. The second-order valence-electron chi connectivity index (χ2n) is 3.36. The van der Waals surface area contributed by atoms with Crippen molar-refractivity contribution in [2.45, 2.75) is 18.6 Å². The molecular formula is C10H10O2. The van der Waals surface area contributed by atoms with Crippen LogP contribution in [0.5, 0.6) is 5.75 Å². The van der Waals surface area contributed by atoms with Gasteiger partial charge in [-0.3, -0.25) is 0 Å². The van der Waals surface area contributed by atoms with Gasteiger partial charge in [0.2, 0.25) is 0 Å². The lowest BCUT2D eigenvalue weighted by molar-refractivity contribution is 0.359. The van der Waals surface area contributed by atoms with Gasteiger partial charge in [-0.1, -0.05) is 6.07 Å². The lowest BCUT2D eigenvalue weighted by Crippen LogP contribution is -1.90. The second kappa shape index (κ2) is 2.02. The zero-order chi connectivity index (χ0) is 8.13. The van der Waals surface area contributed by atoms with Crippen LogP contribution in [0, 0.1) is 0 Å². The maximum atomic E-state index is 5.42. The number of fused-ring (bicyclic) bond motifs is 3. The van der Waals surface area contributed by atoms with Crippen molar-refractivity contribution in [1.82, 2.24) is 0 Å². The first-order valence-corrected chi connectivity index (χ1v) is 4.21. The van der Waals surface area contributed by atoms with Crippen molar-refractivity contribution in [3.8, 4) is 5.75 Å². The van der Waals surface area contributed by atoms with Gasteiger partial charge >= 0.3 is 0 Å². The van der Waals surface area contributed by atoms with Crippen molar-refractivity contribution < 1.29 is 9.47 Å². The molecule has 2 heteroatoms. The number of methoxy groups -OCH3 is 1. The van der Waals surface area contributed by atoms with Gasteiger partial charge < -0.3 is 9.47 Å². The Morgan fingerprint density at radius 3 is 3.25 bits per heavy atom. The Bertz CT molecular complexity index is 333. The number of ether oxygens (including phenoxy) is 2. The molecule has 1 aromatic carbocycles. The highest BCUT2D eigenvalue weighted by atomic mass is 16.6.